The standard InChI is InChI=1S/C12H26N2O/c1-4-14(5-2)9-10-15-12-7-6-8-13-11(12)3/h11-13H,4-10H2,1-3H3. The van der Waals surface area contributed by atoms with E-state index in [4.69, 9.17) is 4.74 Å². The van der Waals surface area contributed by atoms with E-state index in [9.17, 15) is 0 Å². The van der Waals surface area contributed by atoms with Crippen molar-refractivity contribution in [3.8, 4) is 0 Å². The molecule has 2 atom stereocenters. The van der Waals surface area contributed by atoms with E-state index in [2.05, 4.69) is 31.0 Å². The van der Waals surface area contributed by atoms with Crippen LogP contribution in [0.25, 0.3) is 0 Å². The van der Waals surface area contributed by atoms with E-state index in [0.29, 0.717) is 12.1 Å². The maximum atomic E-state index is 5.93. The van der Waals surface area contributed by atoms with Crippen molar-refractivity contribution in [2.24, 2.45) is 0 Å². The molecule has 0 spiro atoms. The number of nitrogens with zero attached hydrogens (tertiary/aromatic N) is 1. The van der Waals surface area contributed by atoms with Crippen LogP contribution in [0.3, 0.4) is 0 Å². The largest absolute Gasteiger partial charge is 0.375 e. The van der Waals surface area contributed by atoms with E-state index < -0.39 is 0 Å². The van der Waals surface area contributed by atoms with Crippen LogP contribution in [0, 0.1) is 0 Å². The fourth-order valence-corrected chi connectivity index (χ4v) is 2.12. The third-order valence-corrected chi connectivity index (χ3v) is 3.32. The van der Waals surface area contributed by atoms with Crippen molar-refractivity contribution < 1.29 is 4.74 Å². The Morgan fingerprint density at radius 3 is 2.67 bits per heavy atom. The average molecular weight is 214 g/mol. The molecule has 0 aromatic carbocycles. The minimum absolute atomic E-state index is 0.425. The van der Waals surface area contributed by atoms with Gasteiger partial charge >= 0.3 is 0 Å². The van der Waals surface area contributed by atoms with Crippen molar-refractivity contribution in [2.45, 2.75) is 45.8 Å². The topological polar surface area (TPSA) is 24.5 Å². The summed E-state index contributed by atoms with van der Waals surface area (Å²) in [5.74, 6) is 0. The monoisotopic (exact) mass is 214 g/mol. The van der Waals surface area contributed by atoms with Crippen molar-refractivity contribution in [3.63, 3.8) is 0 Å². The molecule has 0 aliphatic carbocycles. The smallest absolute Gasteiger partial charge is 0.0726 e. The number of likely N-dealkylation sites (N-methyl/N-ethyl adjacent to an activating group) is 1. The van der Waals surface area contributed by atoms with Gasteiger partial charge in [-0.2, -0.15) is 0 Å². The van der Waals surface area contributed by atoms with Crippen LogP contribution < -0.4 is 5.32 Å². The third kappa shape index (κ3) is 4.49. The van der Waals surface area contributed by atoms with E-state index in [-0.39, 0.29) is 0 Å². The van der Waals surface area contributed by atoms with Crippen molar-refractivity contribution in [3.05, 3.63) is 0 Å². The first-order valence-corrected chi connectivity index (χ1v) is 6.35. The van der Waals surface area contributed by atoms with Crippen molar-refractivity contribution >= 4 is 0 Å². The van der Waals surface area contributed by atoms with Crippen molar-refractivity contribution in [1.82, 2.24) is 10.2 Å². The van der Waals surface area contributed by atoms with Crippen LogP contribution >= 0.6 is 0 Å². The van der Waals surface area contributed by atoms with Gasteiger partial charge in [-0.05, 0) is 39.4 Å². The summed E-state index contributed by atoms with van der Waals surface area (Å²) >= 11 is 0. The molecule has 1 rings (SSSR count). The maximum absolute atomic E-state index is 5.93. The van der Waals surface area contributed by atoms with Crippen molar-refractivity contribution in [2.75, 3.05) is 32.8 Å². The molecular formula is C12H26N2O. The number of piperidine rings is 1. The second kappa shape index (κ2) is 7.20. The molecular weight excluding hydrogens is 188 g/mol. The maximum Gasteiger partial charge on any atom is 0.0726 e. The van der Waals surface area contributed by atoms with Gasteiger partial charge in [-0.1, -0.05) is 13.8 Å². The van der Waals surface area contributed by atoms with Crippen LogP contribution in [0.15, 0.2) is 0 Å². The zero-order chi connectivity index (χ0) is 11.1. The van der Waals surface area contributed by atoms with E-state index in [1.54, 1.807) is 0 Å². The summed E-state index contributed by atoms with van der Waals surface area (Å²) in [5.41, 5.74) is 0. The van der Waals surface area contributed by atoms with Gasteiger partial charge in [0.2, 0.25) is 0 Å². The van der Waals surface area contributed by atoms with Gasteiger partial charge in [-0.25, -0.2) is 0 Å². The number of hydrogen-bond acceptors (Lipinski definition) is 3. The van der Waals surface area contributed by atoms with Gasteiger partial charge in [0.1, 0.15) is 0 Å². The van der Waals surface area contributed by atoms with Crippen LogP contribution in [0.1, 0.15) is 33.6 Å². The molecule has 0 amide bonds. The van der Waals surface area contributed by atoms with Crippen LogP contribution in [-0.2, 0) is 4.74 Å². The van der Waals surface area contributed by atoms with Gasteiger partial charge in [-0.15, -0.1) is 0 Å². The molecule has 1 aliphatic heterocycles. The highest BCUT2D eigenvalue weighted by Gasteiger charge is 2.20. The zero-order valence-corrected chi connectivity index (χ0v) is 10.5. The lowest BCUT2D eigenvalue weighted by Gasteiger charge is -2.30. The molecule has 1 heterocycles. The molecule has 1 saturated heterocycles. The number of rotatable bonds is 6. The fraction of sp³-hybridized carbons (Fsp3) is 1.00. The summed E-state index contributed by atoms with van der Waals surface area (Å²) in [6, 6.07) is 0.524. The Morgan fingerprint density at radius 1 is 1.33 bits per heavy atom. The number of ether oxygens (including phenoxy) is 1. The summed E-state index contributed by atoms with van der Waals surface area (Å²) in [7, 11) is 0. The molecule has 15 heavy (non-hydrogen) atoms. The van der Waals surface area contributed by atoms with Gasteiger partial charge in [0.25, 0.3) is 0 Å². The van der Waals surface area contributed by atoms with E-state index in [1.807, 2.05) is 0 Å². The number of nitrogens with one attached hydrogen (secondary N) is 1. The minimum Gasteiger partial charge on any atom is -0.375 e. The average Bonchev–Trinajstić information content (AvgIpc) is 2.27. The summed E-state index contributed by atoms with van der Waals surface area (Å²) in [5, 5.41) is 3.46. The normalized spacial score (nSPS) is 27.2. The Morgan fingerprint density at radius 2 is 2.07 bits per heavy atom. The van der Waals surface area contributed by atoms with Crippen LogP contribution in [-0.4, -0.2) is 49.8 Å². The first kappa shape index (κ1) is 12.9. The second-order valence-electron chi connectivity index (χ2n) is 4.32. The molecule has 1 aliphatic rings. The Kier molecular flexibility index (Phi) is 6.22. The molecule has 90 valence electrons. The lowest BCUT2D eigenvalue weighted by Crippen LogP contribution is -2.44. The summed E-state index contributed by atoms with van der Waals surface area (Å²) in [6.45, 7) is 12.0. The molecule has 0 aromatic rings. The molecule has 0 aromatic heterocycles. The SMILES string of the molecule is CCN(CC)CCOC1CCCNC1C. The molecule has 1 fully saturated rings. The quantitative estimate of drug-likeness (QED) is 0.725. The Bertz CT molecular complexity index is 160. The van der Waals surface area contributed by atoms with Crippen LogP contribution in [0.5, 0.6) is 0 Å². The van der Waals surface area contributed by atoms with E-state index >= 15 is 0 Å². The predicted octanol–water partition coefficient (Wildman–Crippen LogP) is 1.49. The van der Waals surface area contributed by atoms with Gasteiger partial charge in [0, 0.05) is 12.6 Å². The first-order valence-electron chi connectivity index (χ1n) is 6.35. The van der Waals surface area contributed by atoms with Gasteiger partial charge in [-0.3, -0.25) is 0 Å². The molecule has 3 heteroatoms. The molecule has 0 saturated carbocycles. The highest BCUT2D eigenvalue weighted by Crippen LogP contribution is 2.11. The lowest BCUT2D eigenvalue weighted by molar-refractivity contribution is 0.00320. The van der Waals surface area contributed by atoms with E-state index in [1.165, 1.54) is 12.8 Å². The summed E-state index contributed by atoms with van der Waals surface area (Å²) in [4.78, 5) is 2.40. The molecule has 3 nitrogen and oxygen atoms in total. The molecule has 0 bridgehead atoms. The highest BCUT2D eigenvalue weighted by atomic mass is 16.5. The Balaban J connectivity index is 2.12. The first-order chi connectivity index (χ1) is 7.27. The molecule has 2 unspecified atom stereocenters. The fourth-order valence-electron chi connectivity index (χ4n) is 2.12. The third-order valence-electron chi connectivity index (χ3n) is 3.32. The lowest BCUT2D eigenvalue weighted by atomic mass is 10.0. The van der Waals surface area contributed by atoms with Crippen molar-refractivity contribution in [1.29, 1.82) is 0 Å². The summed E-state index contributed by atoms with van der Waals surface area (Å²) < 4.78 is 5.93. The van der Waals surface area contributed by atoms with Crippen LogP contribution in [0.4, 0.5) is 0 Å². The second-order valence-corrected chi connectivity index (χ2v) is 4.32. The van der Waals surface area contributed by atoms with Gasteiger partial charge < -0.3 is 15.0 Å². The minimum atomic E-state index is 0.425. The van der Waals surface area contributed by atoms with Gasteiger partial charge in [0.05, 0.1) is 12.7 Å². The number of hydrogen-bond donors (Lipinski definition) is 1. The highest BCUT2D eigenvalue weighted by molar-refractivity contribution is 4.78. The Hall–Kier alpha value is -0.120. The summed E-state index contributed by atoms with van der Waals surface area (Å²) in [6.07, 6.45) is 2.89. The van der Waals surface area contributed by atoms with Crippen LogP contribution in [0.2, 0.25) is 0 Å². The zero-order valence-electron chi connectivity index (χ0n) is 10.5. The molecule has 1 N–H and O–H groups in total. The predicted molar refractivity (Wildman–Crippen MR) is 64.2 cm³/mol. The van der Waals surface area contributed by atoms with Gasteiger partial charge in [0.15, 0.2) is 0 Å². The van der Waals surface area contributed by atoms with E-state index in [0.717, 1.165) is 32.8 Å². The Labute approximate surface area is 94.2 Å². The molecule has 0 radical (unpaired) electrons.